The standard InChI is InChI=1S/C9H11BrN2O2/c10-7-2-3-8(12-6-7)9(14)11-4-1-5-13/h2-3,6,13H,1,4-5H2,(H,11,14). The number of rotatable bonds is 4. The van der Waals surface area contributed by atoms with Crippen LogP contribution in [-0.2, 0) is 0 Å². The molecule has 1 heterocycles. The van der Waals surface area contributed by atoms with Crippen LogP contribution in [-0.4, -0.2) is 29.1 Å². The third kappa shape index (κ3) is 3.43. The average molecular weight is 259 g/mol. The monoisotopic (exact) mass is 258 g/mol. The number of carbonyl (C=O) groups excluding carboxylic acids is 1. The molecule has 0 fully saturated rings. The number of aromatic nitrogens is 1. The highest BCUT2D eigenvalue weighted by Gasteiger charge is 2.04. The molecule has 0 atom stereocenters. The van der Waals surface area contributed by atoms with Crippen LogP contribution in [0, 0.1) is 0 Å². The third-order valence-corrected chi connectivity index (χ3v) is 2.05. The number of hydrogen-bond acceptors (Lipinski definition) is 3. The highest BCUT2D eigenvalue weighted by molar-refractivity contribution is 9.10. The van der Waals surface area contributed by atoms with Crippen LogP contribution < -0.4 is 5.32 Å². The van der Waals surface area contributed by atoms with Gasteiger partial charge < -0.3 is 10.4 Å². The molecule has 4 nitrogen and oxygen atoms in total. The molecule has 1 aromatic heterocycles. The Morgan fingerprint density at radius 2 is 2.36 bits per heavy atom. The number of nitrogens with zero attached hydrogens (tertiary/aromatic N) is 1. The number of amides is 1. The molecule has 0 unspecified atom stereocenters. The second kappa shape index (κ2) is 5.72. The lowest BCUT2D eigenvalue weighted by molar-refractivity contribution is 0.0946. The molecule has 0 radical (unpaired) electrons. The summed E-state index contributed by atoms with van der Waals surface area (Å²) in [5.74, 6) is -0.217. The minimum atomic E-state index is -0.217. The number of aliphatic hydroxyl groups is 1. The lowest BCUT2D eigenvalue weighted by atomic mass is 10.3. The maximum absolute atomic E-state index is 11.4. The molecule has 5 heteroatoms. The molecule has 0 aliphatic carbocycles. The van der Waals surface area contributed by atoms with Gasteiger partial charge in [-0.25, -0.2) is 4.98 Å². The first-order chi connectivity index (χ1) is 6.74. The third-order valence-electron chi connectivity index (χ3n) is 1.58. The molecule has 2 N–H and O–H groups in total. The summed E-state index contributed by atoms with van der Waals surface area (Å²) in [6.45, 7) is 0.543. The van der Waals surface area contributed by atoms with Crippen LogP contribution in [0.2, 0.25) is 0 Å². The van der Waals surface area contributed by atoms with E-state index in [-0.39, 0.29) is 12.5 Å². The van der Waals surface area contributed by atoms with Crippen LogP contribution in [0.1, 0.15) is 16.9 Å². The van der Waals surface area contributed by atoms with Crippen LogP contribution in [0.3, 0.4) is 0 Å². The van der Waals surface area contributed by atoms with E-state index in [9.17, 15) is 4.79 Å². The van der Waals surface area contributed by atoms with E-state index < -0.39 is 0 Å². The first-order valence-electron chi connectivity index (χ1n) is 4.24. The summed E-state index contributed by atoms with van der Waals surface area (Å²) >= 11 is 3.23. The van der Waals surface area contributed by atoms with Gasteiger partial charge in [0.25, 0.3) is 5.91 Å². The summed E-state index contributed by atoms with van der Waals surface area (Å²) in [7, 11) is 0. The SMILES string of the molecule is O=C(NCCCO)c1ccc(Br)cn1. The Kier molecular flexibility index (Phi) is 4.55. The zero-order chi connectivity index (χ0) is 10.4. The van der Waals surface area contributed by atoms with E-state index in [1.54, 1.807) is 18.3 Å². The number of hydrogen-bond donors (Lipinski definition) is 2. The van der Waals surface area contributed by atoms with Crippen molar-refractivity contribution in [3.05, 3.63) is 28.5 Å². The number of nitrogens with one attached hydrogen (secondary N) is 1. The van der Waals surface area contributed by atoms with Gasteiger partial charge in [0, 0.05) is 23.8 Å². The van der Waals surface area contributed by atoms with Gasteiger partial charge in [-0.05, 0) is 34.5 Å². The number of carbonyl (C=O) groups is 1. The quantitative estimate of drug-likeness (QED) is 0.791. The van der Waals surface area contributed by atoms with Gasteiger partial charge >= 0.3 is 0 Å². The summed E-state index contributed by atoms with van der Waals surface area (Å²) in [5.41, 5.74) is 0.381. The molecule has 0 saturated carbocycles. The Hall–Kier alpha value is -0.940. The fourth-order valence-corrected chi connectivity index (χ4v) is 1.12. The van der Waals surface area contributed by atoms with Crippen molar-refractivity contribution in [3.63, 3.8) is 0 Å². The van der Waals surface area contributed by atoms with Gasteiger partial charge in [-0.2, -0.15) is 0 Å². The molecule has 1 aromatic rings. The van der Waals surface area contributed by atoms with E-state index in [1.807, 2.05) is 0 Å². The van der Waals surface area contributed by atoms with Crippen LogP contribution >= 0.6 is 15.9 Å². The Labute approximate surface area is 90.5 Å². The Morgan fingerprint density at radius 3 is 2.93 bits per heavy atom. The number of halogens is 1. The highest BCUT2D eigenvalue weighted by atomic mass is 79.9. The first kappa shape index (κ1) is 11.1. The van der Waals surface area contributed by atoms with Crippen molar-refractivity contribution in [2.24, 2.45) is 0 Å². The predicted octanol–water partition coefficient (Wildman–Crippen LogP) is 0.956. The van der Waals surface area contributed by atoms with Gasteiger partial charge in [0.05, 0.1) is 0 Å². The highest BCUT2D eigenvalue weighted by Crippen LogP contribution is 2.06. The minimum absolute atomic E-state index is 0.0774. The predicted molar refractivity (Wildman–Crippen MR) is 56.0 cm³/mol. The first-order valence-corrected chi connectivity index (χ1v) is 5.04. The van der Waals surface area contributed by atoms with Gasteiger partial charge in [0.2, 0.25) is 0 Å². The van der Waals surface area contributed by atoms with Crippen molar-refractivity contribution in [2.45, 2.75) is 6.42 Å². The molecule has 0 aliphatic rings. The minimum Gasteiger partial charge on any atom is -0.396 e. The largest absolute Gasteiger partial charge is 0.396 e. The summed E-state index contributed by atoms with van der Waals surface area (Å²) < 4.78 is 0.837. The van der Waals surface area contributed by atoms with Gasteiger partial charge in [-0.1, -0.05) is 0 Å². The molecule has 0 aliphatic heterocycles. The van der Waals surface area contributed by atoms with E-state index in [2.05, 4.69) is 26.2 Å². The molecular formula is C9H11BrN2O2. The number of aliphatic hydroxyl groups excluding tert-OH is 1. The lowest BCUT2D eigenvalue weighted by Crippen LogP contribution is -2.25. The normalized spacial score (nSPS) is 9.86. The summed E-state index contributed by atoms with van der Waals surface area (Å²) in [6.07, 6.45) is 2.13. The summed E-state index contributed by atoms with van der Waals surface area (Å²) in [5, 5.41) is 11.2. The van der Waals surface area contributed by atoms with Crippen molar-refractivity contribution in [1.29, 1.82) is 0 Å². The van der Waals surface area contributed by atoms with E-state index >= 15 is 0 Å². The van der Waals surface area contributed by atoms with Crippen molar-refractivity contribution < 1.29 is 9.90 Å². The Balaban J connectivity index is 2.48. The van der Waals surface area contributed by atoms with Crippen molar-refractivity contribution in [1.82, 2.24) is 10.3 Å². The molecular weight excluding hydrogens is 248 g/mol. The molecule has 1 amide bonds. The van der Waals surface area contributed by atoms with Crippen LogP contribution in [0.25, 0.3) is 0 Å². The van der Waals surface area contributed by atoms with Crippen molar-refractivity contribution in [3.8, 4) is 0 Å². The lowest BCUT2D eigenvalue weighted by Gasteiger charge is -2.02. The van der Waals surface area contributed by atoms with E-state index in [1.165, 1.54) is 0 Å². The fourth-order valence-electron chi connectivity index (χ4n) is 0.882. The number of pyridine rings is 1. The topological polar surface area (TPSA) is 62.2 Å². The van der Waals surface area contributed by atoms with Gasteiger partial charge in [0.1, 0.15) is 5.69 Å². The molecule has 14 heavy (non-hydrogen) atoms. The fraction of sp³-hybridized carbons (Fsp3) is 0.333. The second-order valence-corrected chi connectivity index (χ2v) is 3.61. The van der Waals surface area contributed by atoms with Crippen LogP contribution in [0.5, 0.6) is 0 Å². The van der Waals surface area contributed by atoms with Gasteiger partial charge in [0.15, 0.2) is 0 Å². The smallest absolute Gasteiger partial charge is 0.269 e. The average Bonchev–Trinajstić information content (AvgIpc) is 2.19. The summed E-state index contributed by atoms with van der Waals surface area (Å²) in [6, 6.07) is 3.40. The van der Waals surface area contributed by atoms with E-state index in [0.717, 1.165) is 4.47 Å². The van der Waals surface area contributed by atoms with Crippen LogP contribution in [0.15, 0.2) is 22.8 Å². The summed E-state index contributed by atoms with van der Waals surface area (Å²) in [4.78, 5) is 15.3. The maximum atomic E-state index is 11.4. The van der Waals surface area contributed by atoms with Gasteiger partial charge in [-0.15, -0.1) is 0 Å². The molecule has 0 bridgehead atoms. The maximum Gasteiger partial charge on any atom is 0.269 e. The molecule has 1 rings (SSSR count). The van der Waals surface area contributed by atoms with E-state index in [0.29, 0.717) is 18.7 Å². The molecule has 0 aromatic carbocycles. The van der Waals surface area contributed by atoms with Crippen molar-refractivity contribution >= 4 is 21.8 Å². The molecule has 76 valence electrons. The van der Waals surface area contributed by atoms with Crippen molar-refractivity contribution in [2.75, 3.05) is 13.2 Å². The molecule has 0 spiro atoms. The van der Waals surface area contributed by atoms with E-state index in [4.69, 9.17) is 5.11 Å². The zero-order valence-electron chi connectivity index (χ0n) is 7.53. The zero-order valence-corrected chi connectivity index (χ0v) is 9.12. The second-order valence-electron chi connectivity index (χ2n) is 2.69. The van der Waals surface area contributed by atoms with Crippen LogP contribution in [0.4, 0.5) is 0 Å². The Morgan fingerprint density at radius 1 is 1.57 bits per heavy atom. The van der Waals surface area contributed by atoms with Gasteiger partial charge in [-0.3, -0.25) is 4.79 Å². The Bertz CT molecular complexity index is 300. The molecule has 0 saturated heterocycles.